The maximum atomic E-state index is 12.8. The molecule has 5 nitrogen and oxygen atoms in total. The molecule has 0 spiro atoms. The van der Waals surface area contributed by atoms with Gasteiger partial charge in [-0.1, -0.05) is 24.6 Å². The van der Waals surface area contributed by atoms with Crippen LogP contribution in [0, 0.1) is 11.8 Å². The van der Waals surface area contributed by atoms with Gasteiger partial charge < -0.3 is 10.2 Å². The zero-order valence-electron chi connectivity index (χ0n) is 16.5. The number of likely N-dealkylation sites (tertiary alicyclic amines) is 1. The number of nitrogens with zero attached hydrogens (tertiary/aromatic N) is 2. The topological polar surface area (TPSA) is 52.7 Å². The number of hydrogen-bond donors (Lipinski definition) is 1. The molecule has 5 heteroatoms. The van der Waals surface area contributed by atoms with E-state index in [1.54, 1.807) is 0 Å². The molecule has 0 aromatic heterocycles. The molecule has 1 saturated heterocycles. The zero-order valence-corrected chi connectivity index (χ0v) is 16.5. The average molecular weight is 370 g/mol. The highest BCUT2D eigenvalue weighted by Gasteiger charge is 2.46. The van der Waals surface area contributed by atoms with Gasteiger partial charge in [-0.2, -0.15) is 0 Å². The van der Waals surface area contributed by atoms with Crippen LogP contribution in [0.5, 0.6) is 0 Å². The summed E-state index contributed by atoms with van der Waals surface area (Å²) in [4.78, 5) is 29.5. The van der Waals surface area contributed by atoms with Crippen LogP contribution >= 0.6 is 0 Å². The molecule has 1 saturated carbocycles. The predicted octanol–water partition coefficient (Wildman–Crippen LogP) is 3.53. The summed E-state index contributed by atoms with van der Waals surface area (Å²) in [5.74, 6) is 1.29. The predicted molar refractivity (Wildman–Crippen MR) is 107 cm³/mol. The number of anilines is 1. The van der Waals surface area contributed by atoms with Gasteiger partial charge in [0.1, 0.15) is 0 Å². The Morgan fingerprint density at radius 3 is 2.48 bits per heavy atom. The number of rotatable bonds is 4. The minimum absolute atomic E-state index is 0.142. The lowest BCUT2D eigenvalue weighted by atomic mass is 9.84. The first kappa shape index (κ1) is 18.5. The minimum Gasteiger partial charge on any atom is -0.337 e. The summed E-state index contributed by atoms with van der Waals surface area (Å²) in [6.07, 6.45) is 6.46. The van der Waals surface area contributed by atoms with E-state index in [1.807, 2.05) is 38.1 Å². The number of nitrogens with one attached hydrogen (secondary N) is 1. The molecule has 1 aromatic carbocycles. The van der Waals surface area contributed by atoms with Crippen LogP contribution in [0.1, 0.15) is 51.5 Å². The van der Waals surface area contributed by atoms with Crippen LogP contribution in [-0.4, -0.2) is 43.0 Å². The van der Waals surface area contributed by atoms with Crippen molar-refractivity contribution in [3.8, 4) is 0 Å². The van der Waals surface area contributed by atoms with Crippen LogP contribution in [0.2, 0.25) is 0 Å². The first-order valence-corrected chi connectivity index (χ1v) is 10.4. The van der Waals surface area contributed by atoms with Crippen LogP contribution in [0.15, 0.2) is 24.3 Å². The molecule has 1 N–H and O–H groups in total. The van der Waals surface area contributed by atoms with Crippen molar-refractivity contribution in [3.05, 3.63) is 29.8 Å². The maximum absolute atomic E-state index is 12.8. The second-order valence-electron chi connectivity index (χ2n) is 9.01. The number of para-hydroxylation sites is 1. The van der Waals surface area contributed by atoms with Gasteiger partial charge in [0, 0.05) is 13.1 Å². The Kier molecular flexibility index (Phi) is 4.97. The van der Waals surface area contributed by atoms with Gasteiger partial charge in [0.15, 0.2) is 0 Å². The van der Waals surface area contributed by atoms with Crippen molar-refractivity contribution in [1.82, 2.24) is 10.2 Å². The Morgan fingerprint density at radius 1 is 1.11 bits per heavy atom. The second-order valence-corrected chi connectivity index (χ2v) is 9.01. The Hall–Kier alpha value is -1.88. The number of carbonyl (C=O) groups excluding carboxylic acids is 2. The first-order valence-electron chi connectivity index (χ1n) is 10.4. The summed E-state index contributed by atoms with van der Waals surface area (Å²) < 4.78 is 0. The van der Waals surface area contributed by atoms with Gasteiger partial charge >= 0.3 is 6.03 Å². The molecule has 146 valence electrons. The second kappa shape index (κ2) is 7.27. The molecular weight excluding hydrogens is 338 g/mol. The Morgan fingerprint density at radius 2 is 1.81 bits per heavy atom. The zero-order chi connectivity index (χ0) is 19.0. The van der Waals surface area contributed by atoms with Crippen LogP contribution in [-0.2, 0) is 10.2 Å². The number of piperidine rings is 1. The van der Waals surface area contributed by atoms with Gasteiger partial charge in [0.25, 0.3) is 0 Å². The highest BCUT2D eigenvalue weighted by Crippen LogP contribution is 2.41. The van der Waals surface area contributed by atoms with Crippen molar-refractivity contribution in [1.29, 1.82) is 0 Å². The van der Waals surface area contributed by atoms with Crippen LogP contribution in [0.3, 0.4) is 0 Å². The van der Waals surface area contributed by atoms with E-state index in [4.69, 9.17) is 0 Å². The smallest absolute Gasteiger partial charge is 0.328 e. The summed E-state index contributed by atoms with van der Waals surface area (Å²) in [7, 11) is 0. The number of urea groups is 1. The van der Waals surface area contributed by atoms with E-state index in [-0.39, 0.29) is 11.9 Å². The monoisotopic (exact) mass is 369 g/mol. The summed E-state index contributed by atoms with van der Waals surface area (Å²) in [5, 5.41) is 3.03. The molecule has 3 aliphatic rings. The molecular formula is C22H31N3O2. The SMILES string of the molecule is CC1(C)C(=O)N(C(=O)NCC2CCN(CC3CCC3)CC2)c2ccccc21. The number of amides is 3. The van der Waals surface area contributed by atoms with Crippen molar-refractivity contribution in [2.24, 2.45) is 11.8 Å². The third-order valence-corrected chi connectivity index (χ3v) is 6.75. The van der Waals surface area contributed by atoms with Gasteiger partial charge in [0.05, 0.1) is 11.1 Å². The Balaban J connectivity index is 1.30. The summed E-state index contributed by atoms with van der Waals surface area (Å²) in [5.41, 5.74) is 0.996. The molecule has 0 radical (unpaired) electrons. The van der Waals surface area contributed by atoms with E-state index in [2.05, 4.69) is 10.2 Å². The standard InChI is InChI=1S/C22H31N3O2/c1-22(2)18-8-3-4-9-19(18)25(20(22)26)21(27)23-14-16-10-12-24(13-11-16)15-17-6-5-7-17/h3-4,8-9,16-17H,5-7,10-15H2,1-2H3,(H,23,27). The Bertz CT molecular complexity index is 718. The number of fused-ring (bicyclic) bond motifs is 1. The molecule has 2 fully saturated rings. The molecule has 1 aliphatic carbocycles. The number of hydrogen-bond acceptors (Lipinski definition) is 3. The average Bonchev–Trinajstić information content (AvgIpc) is 2.84. The lowest BCUT2D eigenvalue weighted by molar-refractivity contribution is -0.121. The van der Waals surface area contributed by atoms with Gasteiger partial charge in [0.2, 0.25) is 5.91 Å². The minimum atomic E-state index is -0.652. The largest absolute Gasteiger partial charge is 0.337 e. The molecule has 1 aromatic rings. The van der Waals surface area contributed by atoms with Gasteiger partial charge in [-0.05, 0) is 76.1 Å². The van der Waals surface area contributed by atoms with E-state index in [1.165, 1.54) is 30.7 Å². The summed E-state index contributed by atoms with van der Waals surface area (Å²) in [6.45, 7) is 7.96. The highest BCUT2D eigenvalue weighted by atomic mass is 16.2. The third-order valence-electron chi connectivity index (χ3n) is 6.75. The quantitative estimate of drug-likeness (QED) is 0.883. The molecule has 0 bridgehead atoms. The van der Waals surface area contributed by atoms with Gasteiger partial charge in [-0.25, -0.2) is 9.69 Å². The summed E-state index contributed by atoms with van der Waals surface area (Å²) in [6, 6.07) is 7.33. The van der Waals surface area contributed by atoms with Crippen molar-refractivity contribution >= 4 is 17.6 Å². The lowest BCUT2D eigenvalue weighted by Crippen LogP contribution is -2.48. The van der Waals surface area contributed by atoms with Crippen LogP contribution in [0.25, 0.3) is 0 Å². The van der Waals surface area contributed by atoms with E-state index in [0.717, 1.165) is 43.1 Å². The molecule has 27 heavy (non-hydrogen) atoms. The maximum Gasteiger partial charge on any atom is 0.328 e. The van der Waals surface area contributed by atoms with Crippen molar-refractivity contribution < 1.29 is 9.59 Å². The number of benzene rings is 1. The molecule has 0 unspecified atom stereocenters. The lowest BCUT2D eigenvalue weighted by Gasteiger charge is -2.37. The molecule has 2 heterocycles. The molecule has 3 amide bonds. The van der Waals surface area contributed by atoms with Crippen molar-refractivity contribution in [2.45, 2.75) is 51.4 Å². The van der Waals surface area contributed by atoms with E-state index >= 15 is 0 Å². The normalized spacial score (nSPS) is 23.2. The van der Waals surface area contributed by atoms with Gasteiger partial charge in [-0.15, -0.1) is 0 Å². The summed E-state index contributed by atoms with van der Waals surface area (Å²) >= 11 is 0. The highest BCUT2D eigenvalue weighted by molar-refractivity contribution is 6.22. The van der Waals surface area contributed by atoms with Gasteiger partial charge in [-0.3, -0.25) is 4.79 Å². The van der Waals surface area contributed by atoms with E-state index in [0.29, 0.717) is 12.5 Å². The van der Waals surface area contributed by atoms with E-state index < -0.39 is 5.41 Å². The van der Waals surface area contributed by atoms with Crippen LogP contribution in [0.4, 0.5) is 10.5 Å². The molecule has 0 atom stereocenters. The fourth-order valence-corrected chi connectivity index (χ4v) is 4.63. The van der Waals surface area contributed by atoms with Crippen molar-refractivity contribution in [2.75, 3.05) is 31.1 Å². The van der Waals surface area contributed by atoms with Crippen molar-refractivity contribution in [3.63, 3.8) is 0 Å². The Labute approximate surface area is 162 Å². The number of imide groups is 1. The van der Waals surface area contributed by atoms with E-state index in [9.17, 15) is 9.59 Å². The fourth-order valence-electron chi connectivity index (χ4n) is 4.63. The van der Waals surface area contributed by atoms with Crippen LogP contribution < -0.4 is 10.2 Å². The third kappa shape index (κ3) is 3.49. The fraction of sp³-hybridized carbons (Fsp3) is 0.636. The first-order chi connectivity index (χ1) is 13.0. The molecule has 2 aliphatic heterocycles. The molecule has 4 rings (SSSR count). The number of carbonyl (C=O) groups is 2.